The van der Waals surface area contributed by atoms with E-state index in [-0.39, 0.29) is 18.1 Å². The normalized spacial score (nSPS) is 25.6. The van der Waals surface area contributed by atoms with Crippen LogP contribution in [0.15, 0.2) is 0 Å². The van der Waals surface area contributed by atoms with Crippen molar-refractivity contribution >= 4 is 28.2 Å². The molecule has 4 N–H and O–H groups in total. The fourth-order valence-corrected chi connectivity index (χ4v) is 3.47. The molecule has 0 aromatic carbocycles. The summed E-state index contributed by atoms with van der Waals surface area (Å²) in [6.07, 6.45) is 3.49. The number of nitrogen functional groups attached to an aromatic ring is 1. The topological polar surface area (TPSA) is 89.3 Å². The number of nitrogens with two attached hydrogens (primary N) is 1. The highest BCUT2D eigenvalue weighted by atomic mass is 32.1. The predicted molar refractivity (Wildman–Crippen MR) is 79.0 cm³/mol. The molecule has 1 aliphatic heterocycles. The first-order valence-corrected chi connectivity index (χ1v) is 7.93. The zero-order valence-corrected chi connectivity index (χ0v) is 12.3. The van der Waals surface area contributed by atoms with Crippen LogP contribution in [0.2, 0.25) is 0 Å². The Morgan fingerprint density at radius 3 is 3.00 bits per heavy atom. The third-order valence-electron chi connectivity index (χ3n) is 3.73. The van der Waals surface area contributed by atoms with Gasteiger partial charge in [0, 0.05) is 13.2 Å². The zero-order valence-electron chi connectivity index (χ0n) is 11.5. The van der Waals surface area contributed by atoms with E-state index in [1.165, 1.54) is 24.2 Å². The molecule has 1 aromatic heterocycles. The van der Waals surface area contributed by atoms with Crippen LogP contribution >= 0.6 is 11.3 Å². The number of carbonyl (C=O) groups excluding carboxylic acids is 1. The van der Waals surface area contributed by atoms with Crippen LogP contribution in [0.4, 0.5) is 10.9 Å². The second-order valence-electron chi connectivity index (χ2n) is 5.31. The van der Waals surface area contributed by atoms with Gasteiger partial charge in [0.15, 0.2) is 5.13 Å². The van der Waals surface area contributed by atoms with Gasteiger partial charge in [-0.3, -0.25) is 4.79 Å². The predicted octanol–water partition coefficient (Wildman–Crippen LogP) is 1.45. The molecule has 1 aliphatic carbocycles. The van der Waals surface area contributed by atoms with Gasteiger partial charge in [-0.25, -0.2) is 4.98 Å². The maximum Gasteiger partial charge on any atom is 0.265 e. The second-order valence-corrected chi connectivity index (χ2v) is 6.30. The van der Waals surface area contributed by atoms with Crippen LogP contribution in [0.1, 0.15) is 35.9 Å². The van der Waals surface area contributed by atoms with E-state index in [0.717, 1.165) is 19.6 Å². The van der Waals surface area contributed by atoms with Crippen molar-refractivity contribution in [3.8, 4) is 0 Å². The van der Waals surface area contributed by atoms with Gasteiger partial charge >= 0.3 is 0 Å². The van der Waals surface area contributed by atoms with Crippen LogP contribution in [0.5, 0.6) is 0 Å². The molecule has 1 amide bonds. The Hall–Kier alpha value is -1.34. The summed E-state index contributed by atoms with van der Waals surface area (Å²) in [6.45, 7) is 3.47. The molecule has 1 aromatic rings. The first kappa shape index (κ1) is 13.6. The highest BCUT2D eigenvalue weighted by molar-refractivity contribution is 7.18. The molecule has 0 spiro atoms. The van der Waals surface area contributed by atoms with E-state index < -0.39 is 0 Å². The number of nitrogens with zero attached hydrogens (tertiary/aromatic N) is 1. The van der Waals surface area contributed by atoms with Gasteiger partial charge in [-0.15, -0.1) is 0 Å². The molecule has 0 bridgehead atoms. The number of carbonyl (C=O) groups is 1. The van der Waals surface area contributed by atoms with E-state index in [9.17, 15) is 4.79 Å². The van der Waals surface area contributed by atoms with Gasteiger partial charge in [0.25, 0.3) is 5.91 Å². The smallest absolute Gasteiger partial charge is 0.265 e. The average Bonchev–Trinajstić information content (AvgIpc) is 3.05. The number of anilines is 2. The number of thiazole rings is 1. The molecular weight excluding hydrogens is 276 g/mol. The van der Waals surface area contributed by atoms with Crippen LogP contribution in [0.3, 0.4) is 0 Å². The highest BCUT2D eigenvalue weighted by Gasteiger charge is 2.41. The second kappa shape index (κ2) is 5.57. The fourth-order valence-electron chi connectivity index (χ4n) is 2.61. The Morgan fingerprint density at radius 2 is 2.30 bits per heavy atom. The zero-order chi connectivity index (χ0) is 14.1. The van der Waals surface area contributed by atoms with Crippen LogP contribution in [0.25, 0.3) is 0 Å². The van der Waals surface area contributed by atoms with Crippen molar-refractivity contribution in [2.24, 2.45) is 5.92 Å². The number of aromatic nitrogens is 1. The van der Waals surface area contributed by atoms with E-state index >= 15 is 0 Å². The lowest BCUT2D eigenvalue weighted by Crippen LogP contribution is -2.41. The van der Waals surface area contributed by atoms with Gasteiger partial charge in [-0.05, 0) is 32.1 Å². The lowest BCUT2D eigenvalue weighted by atomic mass is 10.1. The lowest BCUT2D eigenvalue weighted by Gasteiger charge is -2.19. The first-order chi connectivity index (χ1) is 9.69. The molecule has 1 saturated heterocycles. The van der Waals surface area contributed by atoms with E-state index in [2.05, 4.69) is 15.6 Å². The molecule has 20 heavy (non-hydrogen) atoms. The van der Waals surface area contributed by atoms with Crippen molar-refractivity contribution in [3.05, 3.63) is 4.88 Å². The summed E-state index contributed by atoms with van der Waals surface area (Å²) in [7, 11) is 0. The maximum absolute atomic E-state index is 12.3. The number of hydrogen-bond donors (Lipinski definition) is 3. The Labute approximate surface area is 122 Å². The molecule has 6 nitrogen and oxygen atoms in total. The minimum Gasteiger partial charge on any atom is -0.382 e. The summed E-state index contributed by atoms with van der Waals surface area (Å²) in [5, 5.41) is 6.83. The Balaban J connectivity index is 1.66. The van der Waals surface area contributed by atoms with E-state index in [0.29, 0.717) is 21.7 Å². The maximum atomic E-state index is 12.3. The van der Waals surface area contributed by atoms with Crippen molar-refractivity contribution in [1.82, 2.24) is 10.3 Å². The molecule has 7 heteroatoms. The quantitative estimate of drug-likeness (QED) is 0.765. The number of hydrogen-bond acceptors (Lipinski definition) is 6. The van der Waals surface area contributed by atoms with Crippen molar-refractivity contribution in [2.75, 3.05) is 24.2 Å². The summed E-state index contributed by atoms with van der Waals surface area (Å²) < 4.78 is 5.73. The third kappa shape index (κ3) is 2.73. The van der Waals surface area contributed by atoms with Gasteiger partial charge in [-0.2, -0.15) is 0 Å². The Bertz CT molecular complexity index is 501. The number of amides is 1. The highest BCUT2D eigenvalue weighted by Crippen LogP contribution is 2.39. The summed E-state index contributed by atoms with van der Waals surface area (Å²) in [5.74, 6) is 0.787. The standard InChI is InChI=1S/C13H20N4O2S/c1-2-15-13-17-11(14)10(20-13)12(18)16-8-5-6-19-9(8)7-3-4-7/h7-9H,2-6,14H2,1H3,(H,15,17)(H,16,18). The molecule has 2 fully saturated rings. The summed E-state index contributed by atoms with van der Waals surface area (Å²) >= 11 is 1.30. The summed E-state index contributed by atoms with van der Waals surface area (Å²) in [6, 6.07) is 0.110. The Kier molecular flexibility index (Phi) is 3.80. The molecule has 1 saturated carbocycles. The van der Waals surface area contributed by atoms with Crippen molar-refractivity contribution in [1.29, 1.82) is 0 Å². The van der Waals surface area contributed by atoms with Gasteiger partial charge < -0.3 is 21.1 Å². The lowest BCUT2D eigenvalue weighted by molar-refractivity contribution is 0.0731. The van der Waals surface area contributed by atoms with E-state index in [1.54, 1.807) is 0 Å². The van der Waals surface area contributed by atoms with Crippen LogP contribution < -0.4 is 16.4 Å². The largest absolute Gasteiger partial charge is 0.382 e. The molecule has 2 aliphatic rings. The fraction of sp³-hybridized carbons (Fsp3) is 0.692. The minimum atomic E-state index is -0.134. The molecule has 0 radical (unpaired) electrons. The molecular formula is C13H20N4O2S. The van der Waals surface area contributed by atoms with Crippen LogP contribution in [-0.2, 0) is 4.74 Å². The van der Waals surface area contributed by atoms with Crippen molar-refractivity contribution in [3.63, 3.8) is 0 Å². The number of ether oxygens (including phenoxy) is 1. The third-order valence-corrected chi connectivity index (χ3v) is 4.75. The first-order valence-electron chi connectivity index (χ1n) is 7.11. The molecule has 3 rings (SSSR count). The number of rotatable bonds is 5. The molecule has 2 heterocycles. The molecule has 110 valence electrons. The summed E-state index contributed by atoms with van der Waals surface area (Å²) in [5.41, 5.74) is 5.82. The van der Waals surface area contributed by atoms with Gasteiger partial charge in [0.05, 0.1) is 12.1 Å². The minimum absolute atomic E-state index is 0.110. The van der Waals surface area contributed by atoms with E-state index in [4.69, 9.17) is 10.5 Å². The van der Waals surface area contributed by atoms with E-state index in [1.807, 2.05) is 6.92 Å². The van der Waals surface area contributed by atoms with Crippen molar-refractivity contribution < 1.29 is 9.53 Å². The van der Waals surface area contributed by atoms with Crippen LogP contribution in [0, 0.1) is 5.92 Å². The van der Waals surface area contributed by atoms with Gasteiger partial charge in [-0.1, -0.05) is 11.3 Å². The van der Waals surface area contributed by atoms with Crippen LogP contribution in [-0.4, -0.2) is 36.2 Å². The van der Waals surface area contributed by atoms with Crippen molar-refractivity contribution in [2.45, 2.75) is 38.3 Å². The summed E-state index contributed by atoms with van der Waals surface area (Å²) in [4.78, 5) is 17.0. The Morgan fingerprint density at radius 1 is 1.50 bits per heavy atom. The molecule has 2 unspecified atom stereocenters. The SMILES string of the molecule is CCNc1nc(N)c(C(=O)NC2CCOC2C2CC2)s1. The monoisotopic (exact) mass is 296 g/mol. The van der Waals surface area contributed by atoms with Gasteiger partial charge in [0.2, 0.25) is 0 Å². The molecule has 2 atom stereocenters. The number of nitrogens with one attached hydrogen (secondary N) is 2. The van der Waals surface area contributed by atoms with Gasteiger partial charge in [0.1, 0.15) is 10.7 Å². The average molecular weight is 296 g/mol.